The van der Waals surface area contributed by atoms with Crippen LogP contribution in [0.3, 0.4) is 0 Å². The SMILES string of the molecule is CCOc1cccc(/C=N\NC(=S)Nc2ccccc2OC)c1OC(F)F. The molecule has 2 aromatic rings. The van der Waals surface area contributed by atoms with Crippen molar-refractivity contribution in [2.24, 2.45) is 5.10 Å². The number of rotatable bonds is 8. The van der Waals surface area contributed by atoms with E-state index in [0.717, 1.165) is 0 Å². The van der Waals surface area contributed by atoms with E-state index in [-0.39, 0.29) is 16.6 Å². The third-order valence-electron chi connectivity index (χ3n) is 3.24. The molecule has 27 heavy (non-hydrogen) atoms. The quantitative estimate of drug-likeness (QED) is 0.400. The highest BCUT2D eigenvalue weighted by atomic mass is 32.1. The molecule has 144 valence electrons. The van der Waals surface area contributed by atoms with Crippen molar-refractivity contribution in [3.8, 4) is 17.2 Å². The average Bonchev–Trinajstić information content (AvgIpc) is 2.64. The number of benzene rings is 2. The molecule has 2 N–H and O–H groups in total. The van der Waals surface area contributed by atoms with E-state index in [9.17, 15) is 8.78 Å². The Morgan fingerprint density at radius 2 is 1.93 bits per heavy atom. The predicted molar refractivity (Wildman–Crippen MR) is 104 cm³/mol. The van der Waals surface area contributed by atoms with E-state index in [1.165, 1.54) is 6.21 Å². The molecule has 0 spiro atoms. The van der Waals surface area contributed by atoms with Crippen molar-refractivity contribution in [1.82, 2.24) is 5.43 Å². The number of thiocarbonyl (C=S) groups is 1. The second-order valence-corrected chi connectivity index (χ2v) is 5.42. The number of halogens is 2. The topological polar surface area (TPSA) is 64.1 Å². The number of nitrogens with zero attached hydrogens (tertiary/aromatic N) is 1. The Morgan fingerprint density at radius 3 is 2.63 bits per heavy atom. The van der Waals surface area contributed by atoms with Crippen LogP contribution in [0.25, 0.3) is 0 Å². The van der Waals surface area contributed by atoms with E-state index in [4.69, 9.17) is 21.7 Å². The number of hydrazone groups is 1. The molecule has 0 unspecified atom stereocenters. The number of para-hydroxylation sites is 3. The van der Waals surface area contributed by atoms with Crippen molar-refractivity contribution in [2.45, 2.75) is 13.5 Å². The van der Waals surface area contributed by atoms with Gasteiger partial charge in [-0.1, -0.05) is 18.2 Å². The summed E-state index contributed by atoms with van der Waals surface area (Å²) in [6.07, 6.45) is 1.32. The van der Waals surface area contributed by atoms with Crippen molar-refractivity contribution < 1.29 is 23.0 Å². The molecule has 0 aliphatic heterocycles. The number of hydrogen-bond acceptors (Lipinski definition) is 5. The van der Waals surface area contributed by atoms with Crippen LogP contribution >= 0.6 is 12.2 Å². The molecule has 2 rings (SSSR count). The van der Waals surface area contributed by atoms with Gasteiger partial charge in [0, 0.05) is 5.56 Å². The van der Waals surface area contributed by atoms with Gasteiger partial charge in [-0.3, -0.25) is 5.43 Å². The first kappa shape index (κ1) is 20.4. The van der Waals surface area contributed by atoms with Crippen LogP contribution in [0.5, 0.6) is 17.2 Å². The molecule has 0 amide bonds. The largest absolute Gasteiger partial charge is 0.495 e. The number of anilines is 1. The monoisotopic (exact) mass is 395 g/mol. The van der Waals surface area contributed by atoms with Gasteiger partial charge in [-0.05, 0) is 43.4 Å². The van der Waals surface area contributed by atoms with E-state index in [1.807, 2.05) is 12.1 Å². The smallest absolute Gasteiger partial charge is 0.387 e. The predicted octanol–water partition coefficient (Wildman–Crippen LogP) is 4.02. The fourth-order valence-corrected chi connectivity index (χ4v) is 2.34. The van der Waals surface area contributed by atoms with Crippen LogP contribution in [0, 0.1) is 0 Å². The van der Waals surface area contributed by atoms with E-state index in [0.29, 0.717) is 23.6 Å². The average molecular weight is 395 g/mol. The van der Waals surface area contributed by atoms with Crippen LogP contribution in [0.4, 0.5) is 14.5 Å². The zero-order valence-corrected chi connectivity index (χ0v) is 15.6. The van der Waals surface area contributed by atoms with Crippen LogP contribution in [0.2, 0.25) is 0 Å². The molecule has 0 aliphatic carbocycles. The molecule has 0 heterocycles. The Hall–Kier alpha value is -2.94. The summed E-state index contributed by atoms with van der Waals surface area (Å²) in [4.78, 5) is 0. The van der Waals surface area contributed by atoms with Crippen LogP contribution in [-0.4, -0.2) is 31.7 Å². The second-order valence-electron chi connectivity index (χ2n) is 5.01. The first-order valence-electron chi connectivity index (χ1n) is 7.98. The summed E-state index contributed by atoms with van der Waals surface area (Å²) >= 11 is 5.16. The van der Waals surface area contributed by atoms with Gasteiger partial charge in [0.1, 0.15) is 5.75 Å². The van der Waals surface area contributed by atoms with Crippen LogP contribution in [0.1, 0.15) is 12.5 Å². The lowest BCUT2D eigenvalue weighted by atomic mass is 10.2. The van der Waals surface area contributed by atoms with Crippen molar-refractivity contribution in [2.75, 3.05) is 19.0 Å². The molecule has 0 aliphatic rings. The second kappa shape index (κ2) is 10.3. The molecule has 0 saturated carbocycles. The van der Waals surface area contributed by atoms with Crippen LogP contribution < -0.4 is 25.0 Å². The molecule has 6 nitrogen and oxygen atoms in total. The van der Waals surface area contributed by atoms with E-state index in [1.54, 1.807) is 44.4 Å². The molecule has 9 heteroatoms. The zero-order chi connectivity index (χ0) is 19.6. The Balaban J connectivity index is 2.08. The Kier molecular flexibility index (Phi) is 7.75. The maximum absolute atomic E-state index is 12.7. The molecule has 2 aromatic carbocycles. The maximum Gasteiger partial charge on any atom is 0.387 e. The summed E-state index contributed by atoms with van der Waals surface area (Å²) < 4.78 is 40.5. The third-order valence-corrected chi connectivity index (χ3v) is 3.43. The lowest BCUT2D eigenvalue weighted by Crippen LogP contribution is -2.24. The highest BCUT2D eigenvalue weighted by molar-refractivity contribution is 7.80. The molecule has 0 fully saturated rings. The normalized spacial score (nSPS) is 10.7. The van der Waals surface area contributed by atoms with Gasteiger partial charge in [-0.15, -0.1) is 0 Å². The molecular formula is C18H19F2N3O3S. The molecule has 0 saturated heterocycles. The number of nitrogens with one attached hydrogen (secondary N) is 2. The van der Waals surface area contributed by atoms with Crippen LogP contribution in [0.15, 0.2) is 47.6 Å². The molecule has 0 bridgehead atoms. The van der Waals surface area contributed by atoms with Crippen molar-refractivity contribution in [3.63, 3.8) is 0 Å². The van der Waals surface area contributed by atoms with Gasteiger partial charge in [0.15, 0.2) is 16.6 Å². The van der Waals surface area contributed by atoms with Crippen molar-refractivity contribution in [1.29, 1.82) is 0 Å². The molecule has 0 aromatic heterocycles. The first-order chi connectivity index (χ1) is 13.0. The number of hydrogen-bond donors (Lipinski definition) is 2. The summed E-state index contributed by atoms with van der Waals surface area (Å²) in [6, 6.07) is 12.0. The standard InChI is InChI=1S/C18H19F2N3O3S/c1-3-25-15-10-6-7-12(16(15)26-17(19)20)11-21-23-18(27)22-13-8-4-5-9-14(13)24-2/h4-11,17H,3H2,1-2H3,(H2,22,23,27)/b21-11-. The highest BCUT2D eigenvalue weighted by Gasteiger charge is 2.14. The molecule has 0 radical (unpaired) electrons. The fraction of sp³-hybridized carbons (Fsp3) is 0.222. The minimum atomic E-state index is -2.99. The first-order valence-corrected chi connectivity index (χ1v) is 8.39. The summed E-state index contributed by atoms with van der Waals surface area (Å²) in [6.45, 7) is -0.929. The summed E-state index contributed by atoms with van der Waals surface area (Å²) in [5.41, 5.74) is 3.59. The minimum absolute atomic E-state index is 0.0940. The Morgan fingerprint density at radius 1 is 1.19 bits per heavy atom. The summed E-state index contributed by atoms with van der Waals surface area (Å²) in [5, 5.41) is 7.10. The van der Waals surface area contributed by atoms with Gasteiger partial charge < -0.3 is 19.5 Å². The summed E-state index contributed by atoms with van der Waals surface area (Å²) in [7, 11) is 1.55. The minimum Gasteiger partial charge on any atom is -0.495 e. The Bertz CT molecular complexity index is 803. The van der Waals surface area contributed by atoms with E-state index >= 15 is 0 Å². The summed E-state index contributed by atoms with van der Waals surface area (Å²) in [5.74, 6) is 0.725. The van der Waals surface area contributed by atoms with Crippen LogP contribution in [-0.2, 0) is 0 Å². The third kappa shape index (κ3) is 6.07. The lowest BCUT2D eigenvalue weighted by molar-refractivity contribution is -0.0515. The number of ether oxygens (including phenoxy) is 3. The van der Waals surface area contributed by atoms with Gasteiger partial charge >= 0.3 is 6.61 Å². The number of methoxy groups -OCH3 is 1. The van der Waals surface area contributed by atoms with Gasteiger partial charge in [-0.25, -0.2) is 0 Å². The fourth-order valence-electron chi connectivity index (χ4n) is 2.18. The van der Waals surface area contributed by atoms with Gasteiger partial charge in [0.05, 0.1) is 25.6 Å². The Labute approximate surface area is 161 Å². The van der Waals surface area contributed by atoms with Gasteiger partial charge in [-0.2, -0.15) is 13.9 Å². The van der Waals surface area contributed by atoms with Crippen molar-refractivity contribution in [3.05, 3.63) is 48.0 Å². The van der Waals surface area contributed by atoms with Crippen molar-refractivity contribution >= 4 is 29.2 Å². The zero-order valence-electron chi connectivity index (χ0n) is 14.7. The highest BCUT2D eigenvalue weighted by Crippen LogP contribution is 2.31. The van der Waals surface area contributed by atoms with Gasteiger partial charge in [0.25, 0.3) is 0 Å². The lowest BCUT2D eigenvalue weighted by Gasteiger charge is -2.13. The maximum atomic E-state index is 12.7. The van der Waals surface area contributed by atoms with E-state index < -0.39 is 6.61 Å². The van der Waals surface area contributed by atoms with E-state index in [2.05, 4.69) is 20.6 Å². The van der Waals surface area contributed by atoms with Gasteiger partial charge in [0.2, 0.25) is 0 Å². The molecule has 0 atom stereocenters. The molecular weight excluding hydrogens is 376 g/mol. The number of alkyl halides is 2.